The molecular weight excluding hydrogens is 248 g/mol. The number of hydrogen-bond donors (Lipinski definition) is 3. The summed E-state index contributed by atoms with van der Waals surface area (Å²) < 4.78 is 0. The number of carbonyl (C=O) groups is 1. The number of aliphatic hydroxyl groups is 1. The van der Waals surface area contributed by atoms with E-state index < -0.39 is 6.10 Å². The summed E-state index contributed by atoms with van der Waals surface area (Å²) in [6.07, 6.45) is 1.42. The van der Waals surface area contributed by atoms with Crippen LogP contribution in [0.5, 0.6) is 0 Å². The monoisotopic (exact) mass is 266 g/mol. The largest absolute Gasteiger partial charge is 0.409 e. The van der Waals surface area contributed by atoms with Crippen molar-refractivity contribution < 1.29 is 15.1 Å². The second-order valence-electron chi connectivity index (χ2n) is 4.28. The molecule has 104 valence electrons. The summed E-state index contributed by atoms with van der Waals surface area (Å²) in [5.74, 6) is -0.305. The second-order valence-corrected chi connectivity index (χ2v) is 4.28. The number of oxime groups is 1. The van der Waals surface area contributed by atoms with Gasteiger partial charge in [0.2, 0.25) is 0 Å². The van der Waals surface area contributed by atoms with Gasteiger partial charge in [0.05, 0.1) is 6.10 Å². The van der Waals surface area contributed by atoms with E-state index in [1.807, 2.05) is 0 Å². The van der Waals surface area contributed by atoms with Crippen molar-refractivity contribution in [3.8, 4) is 0 Å². The maximum Gasteiger partial charge on any atom is 0.272 e. The molecule has 4 N–H and O–H groups in total. The molecule has 7 heteroatoms. The first-order valence-electron chi connectivity index (χ1n) is 5.83. The molecule has 0 radical (unpaired) electrons. The maximum absolute atomic E-state index is 12.0. The number of aromatic nitrogens is 1. The van der Waals surface area contributed by atoms with Crippen LogP contribution in [0.1, 0.15) is 29.4 Å². The molecule has 1 aromatic heterocycles. The number of amides is 1. The smallest absolute Gasteiger partial charge is 0.272 e. The Bertz CT molecular complexity index is 457. The standard InChI is InChI=1S/C12H18N4O3/c1-8(17)5-6-16(2)12(18)10-4-3-9(7-14-10)11(13)15-19/h3-4,7-8,17,19H,5-6H2,1-2H3,(H2,13,15). The van der Waals surface area contributed by atoms with Crippen molar-refractivity contribution in [2.24, 2.45) is 10.9 Å². The third-order valence-electron chi connectivity index (χ3n) is 2.62. The molecule has 0 aliphatic heterocycles. The van der Waals surface area contributed by atoms with Crippen LogP contribution in [0.4, 0.5) is 0 Å². The van der Waals surface area contributed by atoms with E-state index in [0.29, 0.717) is 18.5 Å². The Balaban J connectivity index is 2.72. The van der Waals surface area contributed by atoms with Crippen molar-refractivity contribution in [2.75, 3.05) is 13.6 Å². The Morgan fingerprint density at radius 2 is 2.26 bits per heavy atom. The van der Waals surface area contributed by atoms with Crippen molar-refractivity contribution in [1.82, 2.24) is 9.88 Å². The fourth-order valence-electron chi connectivity index (χ4n) is 1.41. The van der Waals surface area contributed by atoms with Crippen molar-refractivity contribution in [2.45, 2.75) is 19.4 Å². The van der Waals surface area contributed by atoms with E-state index in [1.54, 1.807) is 20.0 Å². The third-order valence-corrected chi connectivity index (χ3v) is 2.62. The van der Waals surface area contributed by atoms with Crippen LogP contribution >= 0.6 is 0 Å². The van der Waals surface area contributed by atoms with Gasteiger partial charge in [0.1, 0.15) is 5.69 Å². The number of hydrogen-bond acceptors (Lipinski definition) is 5. The predicted molar refractivity (Wildman–Crippen MR) is 70.0 cm³/mol. The molecule has 0 spiro atoms. The third kappa shape index (κ3) is 4.22. The molecule has 0 bridgehead atoms. The highest BCUT2D eigenvalue weighted by atomic mass is 16.4. The quantitative estimate of drug-likeness (QED) is 0.301. The van der Waals surface area contributed by atoms with E-state index in [9.17, 15) is 9.90 Å². The lowest BCUT2D eigenvalue weighted by molar-refractivity contribution is 0.0763. The molecule has 0 aliphatic rings. The number of pyridine rings is 1. The Morgan fingerprint density at radius 3 is 2.74 bits per heavy atom. The highest BCUT2D eigenvalue weighted by Gasteiger charge is 2.13. The molecule has 7 nitrogen and oxygen atoms in total. The van der Waals surface area contributed by atoms with Gasteiger partial charge >= 0.3 is 0 Å². The summed E-state index contributed by atoms with van der Waals surface area (Å²) in [7, 11) is 1.64. The highest BCUT2D eigenvalue weighted by Crippen LogP contribution is 2.04. The molecule has 0 fully saturated rings. The van der Waals surface area contributed by atoms with Crippen LogP contribution in [0.2, 0.25) is 0 Å². The molecule has 1 amide bonds. The number of nitrogens with zero attached hydrogens (tertiary/aromatic N) is 3. The summed E-state index contributed by atoms with van der Waals surface area (Å²) in [5.41, 5.74) is 6.10. The predicted octanol–water partition coefficient (Wildman–Crippen LogP) is 0.0190. The molecule has 1 aromatic rings. The van der Waals surface area contributed by atoms with E-state index in [0.717, 1.165) is 0 Å². The molecule has 1 rings (SSSR count). The summed E-state index contributed by atoms with van der Waals surface area (Å²) in [4.78, 5) is 17.4. The topological polar surface area (TPSA) is 112 Å². The minimum atomic E-state index is -0.453. The van der Waals surface area contributed by atoms with Crippen molar-refractivity contribution in [3.63, 3.8) is 0 Å². The zero-order valence-electron chi connectivity index (χ0n) is 10.9. The SMILES string of the molecule is CC(O)CCN(C)C(=O)c1ccc(/C(N)=N/O)cn1. The van der Waals surface area contributed by atoms with Gasteiger partial charge in [-0.25, -0.2) is 0 Å². The molecule has 0 aromatic carbocycles. The zero-order chi connectivity index (χ0) is 14.4. The molecule has 0 aliphatic carbocycles. The van der Waals surface area contributed by atoms with Gasteiger partial charge in [0.15, 0.2) is 5.84 Å². The minimum absolute atomic E-state index is 0.0611. The molecular formula is C12H18N4O3. The Morgan fingerprint density at radius 1 is 1.58 bits per heavy atom. The van der Waals surface area contributed by atoms with Crippen LogP contribution in [0, 0.1) is 0 Å². The fraction of sp³-hybridized carbons (Fsp3) is 0.417. The summed E-state index contributed by atoms with van der Waals surface area (Å²) >= 11 is 0. The van der Waals surface area contributed by atoms with E-state index in [1.165, 1.54) is 17.2 Å². The maximum atomic E-state index is 12.0. The van der Waals surface area contributed by atoms with Crippen molar-refractivity contribution in [1.29, 1.82) is 0 Å². The Hall–Kier alpha value is -2.15. The lowest BCUT2D eigenvalue weighted by atomic mass is 10.2. The molecule has 1 atom stereocenters. The van der Waals surface area contributed by atoms with E-state index in [-0.39, 0.29) is 17.4 Å². The molecule has 1 unspecified atom stereocenters. The van der Waals surface area contributed by atoms with Crippen molar-refractivity contribution >= 4 is 11.7 Å². The van der Waals surface area contributed by atoms with Gasteiger partial charge in [0.25, 0.3) is 5.91 Å². The highest BCUT2D eigenvalue weighted by molar-refractivity contribution is 5.98. The van der Waals surface area contributed by atoms with Gasteiger partial charge in [-0.1, -0.05) is 5.16 Å². The second kappa shape index (κ2) is 6.69. The molecule has 0 saturated heterocycles. The zero-order valence-corrected chi connectivity index (χ0v) is 10.9. The minimum Gasteiger partial charge on any atom is -0.409 e. The van der Waals surface area contributed by atoms with Gasteiger partial charge in [-0.2, -0.15) is 0 Å². The Labute approximate surface area is 111 Å². The molecule has 19 heavy (non-hydrogen) atoms. The Kier molecular flexibility index (Phi) is 5.25. The van der Waals surface area contributed by atoms with Crippen LogP contribution in [0.25, 0.3) is 0 Å². The average molecular weight is 266 g/mol. The van der Waals surface area contributed by atoms with Crippen LogP contribution in [-0.4, -0.2) is 51.6 Å². The van der Waals surface area contributed by atoms with Crippen LogP contribution in [-0.2, 0) is 0 Å². The number of amidine groups is 1. The normalized spacial score (nSPS) is 13.1. The number of carbonyl (C=O) groups excluding carboxylic acids is 1. The van der Waals surface area contributed by atoms with Crippen molar-refractivity contribution in [3.05, 3.63) is 29.6 Å². The van der Waals surface area contributed by atoms with Crippen LogP contribution in [0.3, 0.4) is 0 Å². The van der Waals surface area contributed by atoms with Gasteiger partial charge in [0, 0.05) is 25.4 Å². The molecule has 1 heterocycles. The fourth-order valence-corrected chi connectivity index (χ4v) is 1.41. The van der Waals surface area contributed by atoms with E-state index >= 15 is 0 Å². The summed E-state index contributed by atoms with van der Waals surface area (Å²) in [5, 5.41) is 20.5. The average Bonchev–Trinajstić information content (AvgIpc) is 2.43. The number of nitrogens with two attached hydrogens (primary N) is 1. The van der Waals surface area contributed by atoms with E-state index in [2.05, 4.69) is 10.1 Å². The van der Waals surface area contributed by atoms with E-state index in [4.69, 9.17) is 10.9 Å². The summed E-state index contributed by atoms with van der Waals surface area (Å²) in [6, 6.07) is 3.06. The first kappa shape index (κ1) is 14.9. The molecule has 0 saturated carbocycles. The van der Waals surface area contributed by atoms with Gasteiger partial charge in [-0.3, -0.25) is 9.78 Å². The number of aliphatic hydroxyl groups excluding tert-OH is 1. The lowest BCUT2D eigenvalue weighted by Crippen LogP contribution is -2.30. The van der Waals surface area contributed by atoms with Gasteiger partial charge in [-0.15, -0.1) is 0 Å². The van der Waals surface area contributed by atoms with Crippen LogP contribution < -0.4 is 5.73 Å². The summed E-state index contributed by atoms with van der Waals surface area (Å²) in [6.45, 7) is 2.11. The van der Waals surface area contributed by atoms with Crippen LogP contribution in [0.15, 0.2) is 23.5 Å². The first-order chi connectivity index (χ1) is 8.95. The lowest BCUT2D eigenvalue weighted by Gasteiger charge is -2.17. The van der Waals surface area contributed by atoms with Gasteiger partial charge in [-0.05, 0) is 25.5 Å². The first-order valence-corrected chi connectivity index (χ1v) is 5.83. The number of rotatable bonds is 5. The van der Waals surface area contributed by atoms with Gasteiger partial charge < -0.3 is 20.9 Å².